The summed E-state index contributed by atoms with van der Waals surface area (Å²) in [5.41, 5.74) is 5.67. The molecule has 1 saturated heterocycles. The lowest BCUT2D eigenvalue weighted by molar-refractivity contribution is 0.0852. The molecular formula is C13H13Br2N3O4S. The second-order valence-electron chi connectivity index (χ2n) is 4.64. The molecule has 0 atom stereocenters. The zero-order chi connectivity index (χ0) is 17.4. The molecule has 2 rings (SSSR count). The molecule has 3 N–H and O–H groups in total. The predicted molar refractivity (Wildman–Crippen MR) is 94.0 cm³/mol. The highest BCUT2D eigenvalue weighted by Gasteiger charge is 2.36. The van der Waals surface area contributed by atoms with Crippen LogP contribution in [0.3, 0.4) is 0 Å². The van der Waals surface area contributed by atoms with Gasteiger partial charge in [0.15, 0.2) is 15.7 Å². The first-order chi connectivity index (χ1) is 10.7. The van der Waals surface area contributed by atoms with Crippen molar-refractivity contribution in [3.05, 3.63) is 37.7 Å². The molecule has 124 valence electrons. The van der Waals surface area contributed by atoms with Crippen LogP contribution < -0.4 is 5.73 Å². The maximum atomic E-state index is 12.7. The lowest BCUT2D eigenvalue weighted by atomic mass is 10.2. The van der Waals surface area contributed by atoms with Crippen LogP contribution in [0.5, 0.6) is 5.75 Å². The maximum absolute atomic E-state index is 12.7. The van der Waals surface area contributed by atoms with E-state index in [0.29, 0.717) is 8.95 Å². The topological polar surface area (TPSA) is 113 Å². The lowest BCUT2D eigenvalue weighted by Crippen LogP contribution is -2.47. The van der Waals surface area contributed by atoms with E-state index in [0.717, 1.165) is 6.20 Å². The van der Waals surface area contributed by atoms with Crippen molar-refractivity contribution in [2.24, 2.45) is 10.7 Å². The Kier molecular flexibility index (Phi) is 5.17. The van der Waals surface area contributed by atoms with E-state index < -0.39 is 15.7 Å². The van der Waals surface area contributed by atoms with E-state index in [9.17, 15) is 18.3 Å². The van der Waals surface area contributed by atoms with E-state index >= 15 is 0 Å². The normalized spacial score (nSPS) is 20.9. The number of nitrogens with two attached hydrogens (primary N) is 1. The highest BCUT2D eigenvalue weighted by molar-refractivity contribution is 9.11. The number of nitrogens with zero attached hydrogens (tertiary/aromatic N) is 2. The number of phenolic OH excluding ortho intramolecular Hbond substituents is 1. The van der Waals surface area contributed by atoms with Gasteiger partial charge in [-0.1, -0.05) is 0 Å². The highest BCUT2D eigenvalue weighted by atomic mass is 79.9. The van der Waals surface area contributed by atoms with Crippen molar-refractivity contribution in [2.75, 3.05) is 19.3 Å². The minimum absolute atomic E-state index is 0.00377. The zero-order valence-electron chi connectivity index (χ0n) is 12.0. The Morgan fingerprint density at radius 1 is 1.39 bits per heavy atom. The summed E-state index contributed by atoms with van der Waals surface area (Å²) < 4.78 is 24.7. The van der Waals surface area contributed by atoms with Gasteiger partial charge in [-0.2, -0.15) is 0 Å². The van der Waals surface area contributed by atoms with Crippen molar-refractivity contribution in [3.8, 4) is 5.75 Å². The van der Waals surface area contributed by atoms with E-state index in [4.69, 9.17) is 5.73 Å². The standard InChI is InChI=1S/C13H13Br2N3O4S/c1-17-12-10(6-16)23(21,22)3-2-18(12)13(20)7-4-8(14)11(19)9(15)5-7/h4-6,19H,2-3,16H2,1H3. The van der Waals surface area contributed by atoms with E-state index in [2.05, 4.69) is 36.9 Å². The number of amides is 1. The monoisotopic (exact) mass is 465 g/mol. The summed E-state index contributed by atoms with van der Waals surface area (Å²) in [6.07, 6.45) is 0.944. The number of carbonyl (C=O) groups is 1. The fourth-order valence-electron chi connectivity index (χ4n) is 2.15. The number of benzene rings is 1. The number of hydrogen-bond donors (Lipinski definition) is 2. The number of phenols is 1. The first-order valence-electron chi connectivity index (χ1n) is 6.34. The summed E-state index contributed by atoms with van der Waals surface area (Å²) >= 11 is 6.31. The average molecular weight is 467 g/mol. The van der Waals surface area contributed by atoms with Crippen molar-refractivity contribution >= 4 is 53.4 Å². The lowest BCUT2D eigenvalue weighted by Gasteiger charge is -2.29. The molecule has 0 aliphatic carbocycles. The minimum atomic E-state index is -3.55. The third-order valence-corrected chi connectivity index (χ3v) is 6.18. The molecule has 10 heteroatoms. The Balaban J connectivity index is 2.48. The number of sulfone groups is 1. The van der Waals surface area contributed by atoms with Crippen LogP contribution in [-0.2, 0) is 9.84 Å². The molecule has 23 heavy (non-hydrogen) atoms. The molecule has 1 aromatic carbocycles. The smallest absolute Gasteiger partial charge is 0.259 e. The number of amidine groups is 1. The quantitative estimate of drug-likeness (QED) is 0.652. The van der Waals surface area contributed by atoms with Crippen molar-refractivity contribution < 1.29 is 18.3 Å². The largest absolute Gasteiger partial charge is 0.506 e. The van der Waals surface area contributed by atoms with E-state index in [1.807, 2.05) is 0 Å². The van der Waals surface area contributed by atoms with Gasteiger partial charge in [-0.25, -0.2) is 8.42 Å². The summed E-state index contributed by atoms with van der Waals surface area (Å²) in [5.74, 6) is -0.707. The van der Waals surface area contributed by atoms with Gasteiger partial charge in [0.1, 0.15) is 10.7 Å². The van der Waals surface area contributed by atoms with Crippen molar-refractivity contribution in [1.29, 1.82) is 0 Å². The molecule has 0 aromatic heterocycles. The zero-order valence-corrected chi connectivity index (χ0v) is 15.9. The average Bonchev–Trinajstić information content (AvgIpc) is 2.50. The number of aromatic hydroxyl groups is 1. The van der Waals surface area contributed by atoms with Gasteiger partial charge in [0, 0.05) is 25.4 Å². The maximum Gasteiger partial charge on any atom is 0.259 e. The molecule has 0 spiro atoms. The fourth-order valence-corrected chi connectivity index (χ4v) is 4.67. The fraction of sp³-hybridized carbons (Fsp3) is 0.231. The summed E-state index contributed by atoms with van der Waals surface area (Å²) in [6, 6.07) is 2.90. The molecule has 1 aliphatic rings. The van der Waals surface area contributed by atoms with Gasteiger partial charge in [-0.05, 0) is 44.0 Å². The molecule has 0 unspecified atom stereocenters. The molecule has 1 heterocycles. The Morgan fingerprint density at radius 3 is 2.43 bits per heavy atom. The Morgan fingerprint density at radius 2 is 1.96 bits per heavy atom. The number of halogens is 2. The molecule has 1 amide bonds. The van der Waals surface area contributed by atoms with Crippen LogP contribution >= 0.6 is 31.9 Å². The molecule has 7 nitrogen and oxygen atoms in total. The van der Waals surface area contributed by atoms with E-state index in [1.54, 1.807) is 0 Å². The third kappa shape index (κ3) is 3.29. The van der Waals surface area contributed by atoms with Crippen molar-refractivity contribution in [3.63, 3.8) is 0 Å². The van der Waals surface area contributed by atoms with Crippen LogP contribution in [-0.4, -0.2) is 49.5 Å². The Labute approximate surface area is 150 Å². The van der Waals surface area contributed by atoms with Crippen molar-refractivity contribution in [2.45, 2.75) is 0 Å². The number of hydrogen-bond acceptors (Lipinski definition) is 6. The Bertz CT molecular complexity index is 811. The highest BCUT2D eigenvalue weighted by Crippen LogP contribution is 2.34. The summed E-state index contributed by atoms with van der Waals surface area (Å²) in [6.45, 7) is -0.0265. The van der Waals surface area contributed by atoms with Crippen LogP contribution in [0.2, 0.25) is 0 Å². The number of aliphatic imine (C=N–C) groups is 1. The number of rotatable bonds is 1. The molecule has 1 aromatic rings. The molecular weight excluding hydrogens is 454 g/mol. The Hall–Kier alpha value is -1.39. The van der Waals surface area contributed by atoms with Gasteiger partial charge in [0.25, 0.3) is 5.91 Å². The number of carbonyl (C=O) groups excluding carboxylic acids is 1. The second kappa shape index (κ2) is 6.62. The van der Waals surface area contributed by atoms with Gasteiger partial charge in [0.05, 0.1) is 14.7 Å². The summed E-state index contributed by atoms with van der Waals surface area (Å²) in [4.78, 5) is 17.7. The van der Waals surface area contributed by atoms with Crippen LogP contribution in [0.15, 0.2) is 37.2 Å². The van der Waals surface area contributed by atoms with Gasteiger partial charge in [-0.3, -0.25) is 14.7 Å². The van der Waals surface area contributed by atoms with E-state index in [-0.39, 0.29) is 34.4 Å². The summed E-state index contributed by atoms with van der Waals surface area (Å²) in [7, 11) is -2.16. The van der Waals surface area contributed by atoms with Crippen LogP contribution in [0.1, 0.15) is 10.4 Å². The first kappa shape index (κ1) is 18.0. The van der Waals surface area contributed by atoms with Gasteiger partial charge in [-0.15, -0.1) is 0 Å². The molecule has 0 saturated carbocycles. The molecule has 1 fully saturated rings. The van der Waals surface area contributed by atoms with Gasteiger partial charge in [0.2, 0.25) is 0 Å². The van der Waals surface area contributed by atoms with Gasteiger partial charge >= 0.3 is 0 Å². The van der Waals surface area contributed by atoms with E-state index in [1.165, 1.54) is 24.1 Å². The van der Waals surface area contributed by atoms with Crippen LogP contribution in [0.25, 0.3) is 0 Å². The molecule has 0 radical (unpaired) electrons. The van der Waals surface area contributed by atoms with Crippen LogP contribution in [0.4, 0.5) is 0 Å². The van der Waals surface area contributed by atoms with Crippen molar-refractivity contribution in [1.82, 2.24) is 4.90 Å². The first-order valence-corrected chi connectivity index (χ1v) is 9.58. The molecule has 1 aliphatic heterocycles. The third-order valence-electron chi connectivity index (χ3n) is 3.27. The summed E-state index contributed by atoms with van der Waals surface area (Å²) in [5, 5.41) is 9.72. The van der Waals surface area contributed by atoms with Gasteiger partial charge < -0.3 is 10.8 Å². The molecule has 0 bridgehead atoms. The van der Waals surface area contributed by atoms with Crippen LogP contribution in [0, 0.1) is 0 Å². The second-order valence-corrected chi connectivity index (χ2v) is 8.43. The minimum Gasteiger partial charge on any atom is -0.506 e. The predicted octanol–water partition coefficient (Wildman–Crippen LogP) is 1.62. The SMILES string of the molecule is CN=C1C(=CN)S(=O)(=O)CCN1C(=O)c1cc(Br)c(O)c(Br)c1.